The predicted octanol–water partition coefficient (Wildman–Crippen LogP) is 10.5. The van der Waals surface area contributed by atoms with Gasteiger partial charge in [0.15, 0.2) is 6.29 Å². The van der Waals surface area contributed by atoms with Gasteiger partial charge in [-0.25, -0.2) is 0 Å². The van der Waals surface area contributed by atoms with Crippen LogP contribution < -0.4 is 5.32 Å². The van der Waals surface area contributed by atoms with E-state index in [0.29, 0.717) is 6.42 Å². The number of hydrogen-bond acceptors (Lipinski definition) is 8. The van der Waals surface area contributed by atoms with Crippen LogP contribution in [0.4, 0.5) is 0 Å². The Bertz CT molecular complexity index is 1000. The molecule has 0 bridgehead atoms. The molecule has 1 fully saturated rings. The van der Waals surface area contributed by atoms with Crippen molar-refractivity contribution in [2.45, 2.75) is 256 Å². The van der Waals surface area contributed by atoms with Gasteiger partial charge in [-0.15, -0.1) is 0 Å². The highest BCUT2D eigenvalue weighted by Crippen LogP contribution is 2.22. The lowest BCUT2D eigenvalue weighted by Gasteiger charge is -2.40. The number of allylic oxidation sites excluding steroid dienone is 5. The molecule has 0 aliphatic carbocycles. The van der Waals surface area contributed by atoms with Crippen molar-refractivity contribution < 1.29 is 39.8 Å². The Morgan fingerprint density at radius 2 is 0.983 bits per heavy atom. The third-order valence-corrected chi connectivity index (χ3v) is 11.4. The van der Waals surface area contributed by atoms with Crippen molar-refractivity contribution in [1.29, 1.82) is 0 Å². The fraction of sp³-hybridized carbons (Fsp3) is 0.857. The maximum Gasteiger partial charge on any atom is 0.220 e. The summed E-state index contributed by atoms with van der Waals surface area (Å²) in [5, 5.41) is 54.1. The van der Waals surface area contributed by atoms with Gasteiger partial charge in [-0.2, -0.15) is 0 Å². The molecular formula is C49H91NO8. The molecule has 1 aliphatic rings. The van der Waals surface area contributed by atoms with Gasteiger partial charge in [-0.3, -0.25) is 4.79 Å². The number of hydrogen-bond donors (Lipinski definition) is 6. The summed E-state index contributed by atoms with van der Waals surface area (Å²) in [6.07, 6.45) is 42.0. The van der Waals surface area contributed by atoms with Crippen molar-refractivity contribution in [2.75, 3.05) is 13.2 Å². The Balaban J connectivity index is 2.32. The van der Waals surface area contributed by atoms with E-state index in [0.717, 1.165) is 44.9 Å². The molecule has 58 heavy (non-hydrogen) atoms. The normalized spacial score (nSPS) is 21.1. The molecule has 9 nitrogen and oxygen atoms in total. The standard InChI is InChI=1S/C49H91NO8/c1-3-5-7-9-11-13-15-16-17-18-19-20-21-22-23-24-25-26-27-29-30-32-34-36-38-43(52)42(41-57-49-48(56)47(55)46(54)44(40-51)58-49)50-45(53)39-37-35-33-31-28-14-12-10-8-6-4-2/h24-25,29-30,36,38,42-44,46-49,51-52,54-56H,3-23,26-28,31-35,37,39-41H2,1-2H3,(H,50,53)/b25-24+,30-29+,38-36+. The number of rotatable bonds is 40. The summed E-state index contributed by atoms with van der Waals surface area (Å²) in [6, 6.07) is -0.823. The lowest BCUT2D eigenvalue weighted by atomic mass is 9.99. The summed E-state index contributed by atoms with van der Waals surface area (Å²) >= 11 is 0. The lowest BCUT2D eigenvalue weighted by molar-refractivity contribution is -0.302. The molecule has 1 saturated heterocycles. The van der Waals surface area contributed by atoms with E-state index in [1.807, 2.05) is 6.08 Å². The smallest absolute Gasteiger partial charge is 0.220 e. The number of ether oxygens (including phenoxy) is 2. The Morgan fingerprint density at radius 3 is 1.45 bits per heavy atom. The number of nitrogens with one attached hydrogen (secondary N) is 1. The first-order chi connectivity index (χ1) is 28.3. The summed E-state index contributed by atoms with van der Waals surface area (Å²) in [6.45, 7) is 3.74. The molecule has 0 saturated carbocycles. The predicted molar refractivity (Wildman–Crippen MR) is 240 cm³/mol. The van der Waals surface area contributed by atoms with Crippen LogP contribution in [0.1, 0.15) is 213 Å². The number of amides is 1. The first-order valence-corrected chi connectivity index (χ1v) is 24.2. The lowest BCUT2D eigenvalue weighted by Crippen LogP contribution is -2.60. The summed E-state index contributed by atoms with van der Waals surface area (Å²) < 4.78 is 11.2. The van der Waals surface area contributed by atoms with E-state index in [1.165, 1.54) is 148 Å². The van der Waals surface area contributed by atoms with Crippen LogP contribution in [0, 0.1) is 0 Å². The third kappa shape index (κ3) is 29.6. The Morgan fingerprint density at radius 1 is 0.569 bits per heavy atom. The van der Waals surface area contributed by atoms with E-state index in [1.54, 1.807) is 6.08 Å². The number of unbranched alkanes of at least 4 members (excludes halogenated alkanes) is 26. The van der Waals surface area contributed by atoms with Crippen molar-refractivity contribution in [1.82, 2.24) is 5.32 Å². The van der Waals surface area contributed by atoms with E-state index in [-0.39, 0.29) is 12.5 Å². The number of aliphatic hydroxyl groups is 5. The number of carbonyl (C=O) groups excluding carboxylic acids is 1. The van der Waals surface area contributed by atoms with E-state index < -0.39 is 49.5 Å². The van der Waals surface area contributed by atoms with E-state index >= 15 is 0 Å². The van der Waals surface area contributed by atoms with Gasteiger partial charge >= 0.3 is 0 Å². The van der Waals surface area contributed by atoms with Crippen molar-refractivity contribution >= 4 is 5.91 Å². The van der Waals surface area contributed by atoms with Gasteiger partial charge in [-0.1, -0.05) is 198 Å². The first-order valence-electron chi connectivity index (χ1n) is 24.2. The summed E-state index contributed by atoms with van der Waals surface area (Å²) in [5.74, 6) is -0.192. The van der Waals surface area contributed by atoms with Gasteiger partial charge < -0.3 is 40.3 Å². The molecule has 0 spiro atoms. The highest BCUT2D eigenvalue weighted by molar-refractivity contribution is 5.76. The van der Waals surface area contributed by atoms with Crippen LogP contribution in [-0.4, -0.2) is 87.5 Å². The fourth-order valence-electron chi connectivity index (χ4n) is 7.54. The monoisotopic (exact) mass is 822 g/mol. The quantitative estimate of drug-likeness (QED) is 0.0264. The molecule has 0 aromatic rings. The highest BCUT2D eigenvalue weighted by Gasteiger charge is 2.44. The zero-order chi connectivity index (χ0) is 42.3. The fourth-order valence-corrected chi connectivity index (χ4v) is 7.54. The topological polar surface area (TPSA) is 149 Å². The highest BCUT2D eigenvalue weighted by atomic mass is 16.7. The molecule has 1 heterocycles. The van der Waals surface area contributed by atoms with Crippen LogP contribution in [0.3, 0.4) is 0 Å². The van der Waals surface area contributed by atoms with Crippen LogP contribution in [0.2, 0.25) is 0 Å². The van der Waals surface area contributed by atoms with Crippen LogP contribution in [0.15, 0.2) is 36.5 Å². The SMILES string of the molecule is CCCCCCCCCCCCCCCC/C=C/CC/C=C/CC/C=C/C(O)C(COC1OC(CO)C(O)C(O)C1O)NC(=O)CCCCCCCCCCCCC. The minimum Gasteiger partial charge on any atom is -0.394 e. The molecule has 1 rings (SSSR count). The Hall–Kier alpha value is -1.59. The van der Waals surface area contributed by atoms with Crippen LogP contribution in [0.5, 0.6) is 0 Å². The van der Waals surface area contributed by atoms with E-state index in [2.05, 4.69) is 43.5 Å². The molecule has 1 amide bonds. The molecule has 0 aromatic carbocycles. The van der Waals surface area contributed by atoms with Gasteiger partial charge in [0.2, 0.25) is 5.91 Å². The second-order valence-corrected chi connectivity index (χ2v) is 16.9. The average molecular weight is 822 g/mol. The Labute approximate surface area is 355 Å². The van der Waals surface area contributed by atoms with E-state index in [9.17, 15) is 30.3 Å². The summed E-state index contributed by atoms with van der Waals surface area (Å²) in [7, 11) is 0. The second-order valence-electron chi connectivity index (χ2n) is 16.9. The molecule has 340 valence electrons. The zero-order valence-corrected chi connectivity index (χ0v) is 37.3. The Kier molecular flexibility index (Phi) is 37.1. The van der Waals surface area contributed by atoms with Crippen LogP contribution >= 0.6 is 0 Å². The van der Waals surface area contributed by atoms with Crippen molar-refractivity contribution in [3.8, 4) is 0 Å². The average Bonchev–Trinajstić information content (AvgIpc) is 3.22. The largest absolute Gasteiger partial charge is 0.394 e. The van der Waals surface area contributed by atoms with Gasteiger partial charge in [-0.05, 0) is 44.9 Å². The zero-order valence-electron chi connectivity index (χ0n) is 37.3. The molecule has 0 radical (unpaired) electrons. The summed E-state index contributed by atoms with van der Waals surface area (Å²) in [4.78, 5) is 12.9. The number of aliphatic hydroxyl groups excluding tert-OH is 5. The van der Waals surface area contributed by atoms with Gasteiger partial charge in [0, 0.05) is 6.42 Å². The van der Waals surface area contributed by atoms with Crippen molar-refractivity contribution in [3.05, 3.63) is 36.5 Å². The first kappa shape index (κ1) is 54.4. The molecule has 6 N–H and O–H groups in total. The van der Waals surface area contributed by atoms with Crippen LogP contribution in [0.25, 0.3) is 0 Å². The van der Waals surface area contributed by atoms with Crippen molar-refractivity contribution in [3.63, 3.8) is 0 Å². The maximum absolute atomic E-state index is 12.9. The molecule has 9 heteroatoms. The minimum absolute atomic E-state index is 0.192. The van der Waals surface area contributed by atoms with Crippen LogP contribution in [-0.2, 0) is 14.3 Å². The van der Waals surface area contributed by atoms with Gasteiger partial charge in [0.05, 0.1) is 25.4 Å². The molecule has 7 unspecified atom stereocenters. The molecule has 7 atom stereocenters. The minimum atomic E-state index is -1.57. The summed E-state index contributed by atoms with van der Waals surface area (Å²) in [5.41, 5.74) is 0. The van der Waals surface area contributed by atoms with E-state index in [4.69, 9.17) is 9.47 Å². The third-order valence-electron chi connectivity index (χ3n) is 11.4. The van der Waals surface area contributed by atoms with Gasteiger partial charge in [0.1, 0.15) is 24.4 Å². The second kappa shape index (κ2) is 39.5. The molecule has 0 aromatic heterocycles. The maximum atomic E-state index is 12.9. The molecule has 1 aliphatic heterocycles. The van der Waals surface area contributed by atoms with Crippen molar-refractivity contribution in [2.24, 2.45) is 0 Å². The number of carbonyl (C=O) groups is 1. The van der Waals surface area contributed by atoms with Gasteiger partial charge in [0.25, 0.3) is 0 Å². The molecular weight excluding hydrogens is 731 g/mol.